The Morgan fingerprint density at radius 1 is 0.717 bits per heavy atom. The normalized spacial score (nSPS) is 11.8. The number of phenolic OH excluding ortho intramolecular Hbond substituents is 1. The number of halogens is 2. The number of carboxylic acids is 2. The summed E-state index contributed by atoms with van der Waals surface area (Å²) >= 11 is 13.8. The first-order valence-electron chi connectivity index (χ1n) is 18.4. The van der Waals surface area contributed by atoms with Crippen molar-refractivity contribution in [2.45, 2.75) is 6.42 Å². The zero-order valence-corrected chi connectivity index (χ0v) is 33.6. The van der Waals surface area contributed by atoms with Crippen LogP contribution in [-0.2, 0) is 6.42 Å². The molecule has 1 amide bonds. The van der Waals surface area contributed by atoms with Crippen molar-refractivity contribution in [1.82, 2.24) is 5.32 Å². The van der Waals surface area contributed by atoms with Crippen molar-refractivity contribution < 1.29 is 38.5 Å². The molecule has 300 valence electrons. The van der Waals surface area contributed by atoms with Crippen LogP contribution in [0.5, 0.6) is 5.75 Å². The molecule has 0 saturated carbocycles. The average molecular weight is 843 g/mol. The van der Waals surface area contributed by atoms with Crippen LogP contribution in [0.2, 0.25) is 10.0 Å². The number of aromatic hydroxyl groups is 1. The Morgan fingerprint density at radius 3 is 2.10 bits per heavy atom. The number of hydrogen-bond acceptors (Lipinski definition) is 9. The van der Waals surface area contributed by atoms with Crippen LogP contribution in [0.3, 0.4) is 0 Å². The predicted molar refractivity (Wildman–Crippen MR) is 230 cm³/mol. The minimum absolute atomic E-state index is 0.0193. The van der Waals surface area contributed by atoms with E-state index >= 15 is 0 Å². The van der Waals surface area contributed by atoms with Crippen molar-refractivity contribution in [2.75, 3.05) is 32.6 Å². The third kappa shape index (κ3) is 7.05. The van der Waals surface area contributed by atoms with Crippen molar-refractivity contribution in [2.24, 2.45) is 4.99 Å². The van der Waals surface area contributed by atoms with E-state index in [1.807, 2.05) is 37.2 Å². The molecule has 0 bridgehead atoms. The standard InChI is InChI=1S/C46H33Cl2N3O9/c1-49-23-5-10-30-35(17-23)59-36-18-24(51(2)3)6-11-31(36)40(30)41-34(47)21-33(43(48)42(41)46(57)58)44(54)50-15-14-22-4-9-27(32(16-22)45(55)56)39-28-12-7-25(52)19-37(28)60-38-20-26(53)8-13-29(38)39/h4-13,16-21,52H,14-15H2,1-3H3,(H,50,54)(H,55,56)(H,57,58). The number of carbonyl (C=O) groups excluding carboxylic acids is 1. The molecule has 14 heteroatoms. The number of rotatable bonds is 9. The fourth-order valence-electron chi connectivity index (χ4n) is 7.50. The van der Waals surface area contributed by atoms with Crippen LogP contribution in [0.15, 0.2) is 116 Å². The monoisotopic (exact) mass is 841 g/mol. The molecule has 4 aliphatic rings. The number of nitrogens with one attached hydrogen (secondary N) is 1. The van der Waals surface area contributed by atoms with Crippen molar-refractivity contribution in [3.8, 4) is 50.7 Å². The Morgan fingerprint density at radius 2 is 1.38 bits per heavy atom. The Labute approximate surface area is 350 Å². The second kappa shape index (κ2) is 15.6. The van der Waals surface area contributed by atoms with Crippen LogP contribution in [0.1, 0.15) is 36.6 Å². The van der Waals surface area contributed by atoms with E-state index in [-0.39, 0.29) is 67.8 Å². The van der Waals surface area contributed by atoms with E-state index in [0.29, 0.717) is 60.9 Å². The van der Waals surface area contributed by atoms with E-state index in [0.717, 1.165) is 5.69 Å². The van der Waals surface area contributed by atoms with Gasteiger partial charge in [-0.2, -0.15) is 0 Å². The van der Waals surface area contributed by atoms with Gasteiger partial charge in [0.1, 0.15) is 28.4 Å². The lowest BCUT2D eigenvalue weighted by atomic mass is 9.89. The topological polar surface area (TPSA) is 183 Å². The number of amides is 1. The molecule has 2 heterocycles. The summed E-state index contributed by atoms with van der Waals surface area (Å²) in [5.41, 5.74) is 3.69. The lowest BCUT2D eigenvalue weighted by Gasteiger charge is -2.21. The maximum absolute atomic E-state index is 13.7. The molecule has 0 fully saturated rings. The molecule has 8 rings (SSSR count). The van der Waals surface area contributed by atoms with Gasteiger partial charge in [-0.15, -0.1) is 0 Å². The van der Waals surface area contributed by atoms with Gasteiger partial charge < -0.3 is 34.4 Å². The number of anilines is 1. The quantitative estimate of drug-likeness (QED) is 0.102. The molecule has 60 heavy (non-hydrogen) atoms. The van der Waals surface area contributed by atoms with Crippen molar-refractivity contribution >= 4 is 68.7 Å². The lowest BCUT2D eigenvalue weighted by molar-refractivity contribution is 0.0686. The maximum Gasteiger partial charge on any atom is 0.337 e. The molecular formula is C46H33Cl2N3O9. The number of fused-ring (bicyclic) bond motifs is 4. The van der Waals surface area contributed by atoms with Gasteiger partial charge in [0.2, 0.25) is 0 Å². The highest BCUT2D eigenvalue weighted by molar-refractivity contribution is 6.41. The van der Waals surface area contributed by atoms with Gasteiger partial charge in [0, 0.05) is 96.2 Å². The molecule has 4 N–H and O–H groups in total. The Hall–Kier alpha value is -7.15. The molecule has 2 aliphatic carbocycles. The van der Waals surface area contributed by atoms with E-state index in [1.54, 1.807) is 49.5 Å². The summed E-state index contributed by atoms with van der Waals surface area (Å²) in [7, 11) is 5.41. The Balaban J connectivity index is 1.13. The number of hydrogen-bond donors (Lipinski definition) is 4. The zero-order valence-electron chi connectivity index (χ0n) is 32.1. The first-order valence-corrected chi connectivity index (χ1v) is 19.2. The van der Waals surface area contributed by atoms with Crippen molar-refractivity contribution in [3.05, 3.63) is 145 Å². The summed E-state index contributed by atoms with van der Waals surface area (Å²) in [6.45, 7) is 0.0193. The summed E-state index contributed by atoms with van der Waals surface area (Å²) in [6.07, 6.45) is 0.188. The van der Waals surface area contributed by atoms with Gasteiger partial charge in [-0.3, -0.25) is 14.6 Å². The number of carbonyl (C=O) groups is 3. The fourth-order valence-corrected chi connectivity index (χ4v) is 8.11. The third-order valence-electron chi connectivity index (χ3n) is 10.3. The molecule has 0 unspecified atom stereocenters. The minimum Gasteiger partial charge on any atom is -0.508 e. The van der Waals surface area contributed by atoms with Crippen LogP contribution >= 0.6 is 23.2 Å². The van der Waals surface area contributed by atoms with E-state index in [4.69, 9.17) is 32.0 Å². The molecular weight excluding hydrogens is 809 g/mol. The molecule has 4 aromatic rings. The molecule has 0 atom stereocenters. The van der Waals surface area contributed by atoms with Gasteiger partial charge in [-0.1, -0.05) is 35.3 Å². The average Bonchev–Trinajstić information content (AvgIpc) is 3.21. The highest BCUT2D eigenvalue weighted by atomic mass is 35.5. The highest BCUT2D eigenvalue weighted by Crippen LogP contribution is 2.47. The van der Waals surface area contributed by atoms with Gasteiger partial charge in [-0.05, 0) is 78.2 Å². The van der Waals surface area contributed by atoms with Gasteiger partial charge in [-0.25, -0.2) is 9.59 Å². The molecule has 0 aromatic heterocycles. The summed E-state index contributed by atoms with van der Waals surface area (Å²) in [4.78, 5) is 57.9. The number of nitrogens with zero attached hydrogens (tertiary/aromatic N) is 2. The van der Waals surface area contributed by atoms with Gasteiger partial charge in [0.25, 0.3) is 5.91 Å². The molecule has 4 aromatic carbocycles. The Bertz CT molecular complexity index is 3170. The van der Waals surface area contributed by atoms with Crippen molar-refractivity contribution in [1.29, 1.82) is 0 Å². The second-order valence-corrected chi connectivity index (χ2v) is 15.0. The first kappa shape index (κ1) is 39.7. The van der Waals surface area contributed by atoms with Gasteiger partial charge in [0.15, 0.2) is 5.43 Å². The van der Waals surface area contributed by atoms with E-state index < -0.39 is 17.8 Å². The van der Waals surface area contributed by atoms with Crippen LogP contribution in [0.25, 0.3) is 66.8 Å². The number of phenols is 1. The number of benzene rings is 6. The number of aromatic carboxylic acids is 2. The fraction of sp³-hybridized carbons (Fsp3) is 0.109. The van der Waals surface area contributed by atoms with E-state index in [9.17, 15) is 34.5 Å². The SMILES string of the molecule is CN=c1ccc2c(-c3c(Cl)cc(C(=O)NCCc4ccc(-c5c6ccc(=O)cc-6oc6cc(O)ccc56)c(C(=O)O)c4)c(Cl)c3C(=O)O)c3ccc(N(C)C)cc3oc-2c1. The first-order chi connectivity index (χ1) is 28.7. The number of carboxylic acid groups (broad SMARTS) is 2. The highest BCUT2D eigenvalue weighted by Gasteiger charge is 2.30. The largest absolute Gasteiger partial charge is 0.508 e. The molecule has 0 spiro atoms. The van der Waals surface area contributed by atoms with Crippen molar-refractivity contribution in [3.63, 3.8) is 0 Å². The summed E-state index contributed by atoms with van der Waals surface area (Å²) in [5, 5.41) is 35.3. The molecule has 0 saturated heterocycles. The van der Waals surface area contributed by atoms with Gasteiger partial charge >= 0.3 is 11.9 Å². The molecule has 2 aliphatic heterocycles. The van der Waals surface area contributed by atoms with E-state index in [1.165, 1.54) is 36.4 Å². The lowest BCUT2D eigenvalue weighted by Crippen LogP contribution is -2.26. The summed E-state index contributed by atoms with van der Waals surface area (Å²) in [5.74, 6) is -2.73. The second-order valence-electron chi connectivity index (χ2n) is 14.2. The third-order valence-corrected chi connectivity index (χ3v) is 11.0. The summed E-state index contributed by atoms with van der Waals surface area (Å²) in [6, 6.07) is 25.7. The zero-order chi connectivity index (χ0) is 42.6. The molecule has 0 radical (unpaired) electrons. The van der Waals surface area contributed by atoms with Crippen LogP contribution < -0.4 is 21.0 Å². The maximum atomic E-state index is 13.7. The van der Waals surface area contributed by atoms with Gasteiger partial charge in [0.05, 0.1) is 32.1 Å². The van der Waals surface area contributed by atoms with Crippen LogP contribution in [0, 0.1) is 0 Å². The van der Waals surface area contributed by atoms with E-state index in [2.05, 4.69) is 10.3 Å². The smallest absolute Gasteiger partial charge is 0.337 e. The minimum atomic E-state index is -1.40. The van der Waals surface area contributed by atoms with Crippen LogP contribution in [-0.4, -0.2) is 60.9 Å². The Kier molecular flexibility index (Phi) is 10.3. The predicted octanol–water partition coefficient (Wildman–Crippen LogP) is 9.06. The molecule has 12 nitrogen and oxygen atoms in total. The summed E-state index contributed by atoms with van der Waals surface area (Å²) < 4.78 is 12.2. The van der Waals surface area contributed by atoms with Crippen LogP contribution in [0.4, 0.5) is 5.69 Å².